The van der Waals surface area contributed by atoms with Crippen LogP contribution in [0.15, 0.2) is 48.5 Å². The Labute approximate surface area is 140 Å². The highest BCUT2D eigenvalue weighted by atomic mass is 16.5. The number of phenols is 1. The van der Waals surface area contributed by atoms with Gasteiger partial charge in [-0.15, -0.1) is 0 Å². The van der Waals surface area contributed by atoms with Gasteiger partial charge in [-0.1, -0.05) is 69.7 Å². The van der Waals surface area contributed by atoms with E-state index in [1.165, 1.54) is 50.5 Å². The van der Waals surface area contributed by atoms with E-state index in [1.54, 1.807) is 18.2 Å². The van der Waals surface area contributed by atoms with Gasteiger partial charge in [0.2, 0.25) is 0 Å². The van der Waals surface area contributed by atoms with Crippen LogP contribution in [0.3, 0.4) is 0 Å². The molecule has 2 aromatic carbocycles. The molecule has 1 N–H and O–H groups in total. The second-order valence-electron chi connectivity index (χ2n) is 6.08. The van der Waals surface area contributed by atoms with E-state index in [4.69, 9.17) is 4.74 Å². The number of para-hydroxylation sites is 1. The summed E-state index contributed by atoms with van der Waals surface area (Å²) in [5, 5.41) is 9.54. The molecule has 0 spiro atoms. The maximum Gasteiger partial charge on any atom is 0.131 e. The summed E-state index contributed by atoms with van der Waals surface area (Å²) < 4.78 is 5.94. The van der Waals surface area contributed by atoms with Gasteiger partial charge >= 0.3 is 0 Å². The highest BCUT2D eigenvalue weighted by Gasteiger charge is 2.05. The van der Waals surface area contributed by atoms with E-state index in [0.717, 1.165) is 12.2 Å². The van der Waals surface area contributed by atoms with Gasteiger partial charge < -0.3 is 9.84 Å². The number of aromatic hydroxyl groups is 1. The molecule has 0 amide bonds. The molecular weight excluding hydrogens is 284 g/mol. The van der Waals surface area contributed by atoms with Crippen LogP contribution >= 0.6 is 0 Å². The lowest BCUT2D eigenvalue weighted by Crippen LogP contribution is -1.92. The summed E-state index contributed by atoms with van der Waals surface area (Å²) in [6, 6.07) is 15.1. The van der Waals surface area contributed by atoms with Crippen LogP contribution in [0, 0.1) is 0 Å². The van der Waals surface area contributed by atoms with E-state index in [1.807, 2.05) is 18.2 Å². The number of phenolic OH excluding ortho intramolecular Hbond substituents is 1. The second-order valence-corrected chi connectivity index (χ2v) is 6.08. The minimum absolute atomic E-state index is 0.229. The molecule has 23 heavy (non-hydrogen) atoms. The van der Waals surface area contributed by atoms with E-state index < -0.39 is 0 Å². The lowest BCUT2D eigenvalue weighted by atomic mass is 10.0. The molecule has 0 heterocycles. The molecule has 0 unspecified atom stereocenters. The zero-order valence-corrected chi connectivity index (χ0v) is 14.1. The Hall–Kier alpha value is -1.96. The minimum atomic E-state index is 0.229. The van der Waals surface area contributed by atoms with Crippen LogP contribution in [0.2, 0.25) is 0 Å². The lowest BCUT2D eigenvalue weighted by Gasteiger charge is -2.11. The SMILES string of the molecule is CCCCCCCCCc1ccccc1Oc1cccc(O)c1. The van der Waals surface area contributed by atoms with Crippen LogP contribution in [0.1, 0.15) is 57.4 Å². The van der Waals surface area contributed by atoms with E-state index in [2.05, 4.69) is 19.1 Å². The zero-order chi connectivity index (χ0) is 16.3. The molecule has 0 fully saturated rings. The lowest BCUT2D eigenvalue weighted by molar-refractivity contribution is 0.451. The Kier molecular flexibility index (Phi) is 7.51. The van der Waals surface area contributed by atoms with Gasteiger partial charge in [-0.3, -0.25) is 0 Å². The van der Waals surface area contributed by atoms with Gasteiger partial charge in [-0.2, -0.15) is 0 Å². The van der Waals surface area contributed by atoms with Crippen molar-refractivity contribution in [3.63, 3.8) is 0 Å². The fourth-order valence-corrected chi connectivity index (χ4v) is 2.76. The molecule has 0 saturated heterocycles. The first-order valence-electron chi connectivity index (χ1n) is 8.84. The molecular formula is C21H28O2. The molecule has 0 aliphatic rings. The molecule has 2 nitrogen and oxygen atoms in total. The van der Waals surface area contributed by atoms with E-state index in [0.29, 0.717) is 5.75 Å². The first kappa shape index (κ1) is 17.4. The summed E-state index contributed by atoms with van der Waals surface area (Å²) in [4.78, 5) is 0. The van der Waals surface area contributed by atoms with E-state index >= 15 is 0 Å². The number of hydrogen-bond acceptors (Lipinski definition) is 2. The fourth-order valence-electron chi connectivity index (χ4n) is 2.76. The highest BCUT2D eigenvalue weighted by Crippen LogP contribution is 2.28. The summed E-state index contributed by atoms with van der Waals surface area (Å²) in [5.74, 6) is 1.80. The Morgan fingerprint density at radius 1 is 0.826 bits per heavy atom. The molecule has 2 heteroatoms. The van der Waals surface area contributed by atoms with Gasteiger partial charge in [0.25, 0.3) is 0 Å². The molecule has 0 saturated carbocycles. The second kappa shape index (κ2) is 9.94. The summed E-state index contributed by atoms with van der Waals surface area (Å²) in [6.45, 7) is 2.25. The van der Waals surface area contributed by atoms with Gasteiger partial charge in [0.15, 0.2) is 0 Å². The van der Waals surface area contributed by atoms with Gasteiger partial charge in [-0.05, 0) is 36.6 Å². The Morgan fingerprint density at radius 2 is 1.57 bits per heavy atom. The molecule has 0 aliphatic heterocycles. The van der Waals surface area contributed by atoms with Crippen LogP contribution in [-0.2, 0) is 6.42 Å². The van der Waals surface area contributed by atoms with Crippen molar-refractivity contribution in [1.82, 2.24) is 0 Å². The van der Waals surface area contributed by atoms with E-state index in [9.17, 15) is 5.11 Å². The number of aryl methyl sites for hydroxylation is 1. The van der Waals surface area contributed by atoms with Crippen molar-refractivity contribution >= 4 is 0 Å². The average Bonchev–Trinajstić information content (AvgIpc) is 2.55. The van der Waals surface area contributed by atoms with Crippen molar-refractivity contribution in [2.45, 2.75) is 58.3 Å². The largest absolute Gasteiger partial charge is 0.508 e. The third-order valence-corrected chi connectivity index (χ3v) is 4.07. The van der Waals surface area contributed by atoms with Crippen molar-refractivity contribution in [2.75, 3.05) is 0 Å². The zero-order valence-electron chi connectivity index (χ0n) is 14.1. The van der Waals surface area contributed by atoms with E-state index in [-0.39, 0.29) is 5.75 Å². The van der Waals surface area contributed by atoms with Crippen molar-refractivity contribution in [1.29, 1.82) is 0 Å². The predicted octanol–water partition coefficient (Wildman–Crippen LogP) is 6.48. The Bertz CT molecular complexity index is 578. The smallest absolute Gasteiger partial charge is 0.131 e. The third kappa shape index (κ3) is 6.35. The number of hydrogen-bond donors (Lipinski definition) is 1. The molecule has 2 rings (SSSR count). The van der Waals surface area contributed by atoms with Crippen LogP contribution < -0.4 is 4.74 Å². The summed E-state index contributed by atoms with van der Waals surface area (Å²) >= 11 is 0. The number of ether oxygens (including phenoxy) is 1. The van der Waals surface area contributed by atoms with Crippen molar-refractivity contribution in [3.05, 3.63) is 54.1 Å². The number of benzene rings is 2. The monoisotopic (exact) mass is 312 g/mol. The van der Waals surface area contributed by atoms with Crippen molar-refractivity contribution in [2.24, 2.45) is 0 Å². The molecule has 0 bridgehead atoms. The molecule has 2 aromatic rings. The standard InChI is InChI=1S/C21H28O2/c1-2-3-4-5-6-7-8-12-18-13-9-10-16-21(18)23-20-15-11-14-19(22)17-20/h9-11,13-17,22H,2-8,12H2,1H3. The van der Waals surface area contributed by atoms with Gasteiger partial charge in [0.05, 0.1) is 0 Å². The molecule has 0 aliphatic carbocycles. The molecule has 0 radical (unpaired) electrons. The Balaban J connectivity index is 1.83. The maximum absolute atomic E-state index is 9.54. The average molecular weight is 312 g/mol. The highest BCUT2D eigenvalue weighted by molar-refractivity contribution is 5.40. The maximum atomic E-state index is 9.54. The van der Waals surface area contributed by atoms with Crippen LogP contribution in [0.5, 0.6) is 17.2 Å². The number of unbranched alkanes of at least 4 members (excludes halogenated alkanes) is 6. The summed E-state index contributed by atoms with van der Waals surface area (Å²) in [6.07, 6.45) is 10.2. The fraction of sp³-hybridized carbons (Fsp3) is 0.429. The van der Waals surface area contributed by atoms with Crippen LogP contribution in [0.4, 0.5) is 0 Å². The van der Waals surface area contributed by atoms with Gasteiger partial charge in [0, 0.05) is 6.07 Å². The van der Waals surface area contributed by atoms with Crippen molar-refractivity contribution < 1.29 is 9.84 Å². The molecule has 124 valence electrons. The van der Waals surface area contributed by atoms with Crippen molar-refractivity contribution in [3.8, 4) is 17.2 Å². The summed E-state index contributed by atoms with van der Waals surface area (Å²) in [7, 11) is 0. The van der Waals surface area contributed by atoms with Gasteiger partial charge in [-0.25, -0.2) is 0 Å². The quantitative estimate of drug-likeness (QED) is 0.509. The number of rotatable bonds is 10. The predicted molar refractivity (Wildman–Crippen MR) is 96.3 cm³/mol. The first-order valence-corrected chi connectivity index (χ1v) is 8.84. The molecule has 0 atom stereocenters. The van der Waals surface area contributed by atoms with Crippen LogP contribution in [0.25, 0.3) is 0 Å². The molecule has 0 aromatic heterocycles. The minimum Gasteiger partial charge on any atom is -0.508 e. The third-order valence-electron chi connectivity index (χ3n) is 4.07. The Morgan fingerprint density at radius 3 is 2.35 bits per heavy atom. The first-order chi connectivity index (χ1) is 11.3. The normalized spacial score (nSPS) is 10.7. The summed E-state index contributed by atoms with van der Waals surface area (Å²) in [5.41, 5.74) is 1.24. The van der Waals surface area contributed by atoms with Gasteiger partial charge in [0.1, 0.15) is 17.2 Å². The topological polar surface area (TPSA) is 29.5 Å². The van der Waals surface area contributed by atoms with Crippen LogP contribution in [-0.4, -0.2) is 5.11 Å².